The van der Waals surface area contributed by atoms with Crippen molar-refractivity contribution in [1.29, 1.82) is 0 Å². The van der Waals surface area contributed by atoms with E-state index in [4.69, 9.17) is 11.6 Å². The van der Waals surface area contributed by atoms with Crippen molar-refractivity contribution < 1.29 is 0 Å². The predicted octanol–water partition coefficient (Wildman–Crippen LogP) is 5.96. The maximum Gasteiger partial charge on any atom is 0.0406 e. The monoisotopic (exact) mass is 355 g/mol. The minimum atomic E-state index is 0.200. The van der Waals surface area contributed by atoms with Crippen molar-refractivity contribution in [2.75, 3.05) is 19.6 Å². The van der Waals surface area contributed by atoms with Gasteiger partial charge in [0.2, 0.25) is 0 Å². The van der Waals surface area contributed by atoms with Gasteiger partial charge in [0.15, 0.2) is 0 Å². The van der Waals surface area contributed by atoms with E-state index in [0.29, 0.717) is 0 Å². The molecule has 2 heteroatoms. The Morgan fingerprint density at radius 2 is 1.60 bits per heavy atom. The summed E-state index contributed by atoms with van der Waals surface area (Å²) in [4.78, 5) is 2.65. The Labute approximate surface area is 158 Å². The van der Waals surface area contributed by atoms with Crippen LogP contribution in [0.1, 0.15) is 44.2 Å². The largest absolute Gasteiger partial charge is 0.303 e. The number of nitrogens with zero attached hydrogens (tertiary/aromatic N) is 1. The summed E-state index contributed by atoms with van der Waals surface area (Å²) < 4.78 is 0. The van der Waals surface area contributed by atoms with Crippen molar-refractivity contribution in [2.45, 2.75) is 44.9 Å². The Hall–Kier alpha value is -1.31. The van der Waals surface area contributed by atoms with Crippen LogP contribution in [0.5, 0.6) is 0 Å². The van der Waals surface area contributed by atoms with Gasteiger partial charge in [-0.1, -0.05) is 67.9 Å². The molecule has 1 aliphatic rings. The van der Waals surface area contributed by atoms with Crippen LogP contribution >= 0.6 is 11.6 Å². The molecule has 2 aromatic rings. The number of hydrogen-bond acceptors (Lipinski definition) is 1. The van der Waals surface area contributed by atoms with Crippen molar-refractivity contribution >= 4 is 11.6 Å². The van der Waals surface area contributed by atoms with Crippen LogP contribution in [-0.4, -0.2) is 24.5 Å². The molecule has 0 radical (unpaired) electrons. The molecule has 0 aliphatic carbocycles. The lowest BCUT2D eigenvalue weighted by atomic mass is 9.81. The van der Waals surface area contributed by atoms with Gasteiger partial charge in [-0.3, -0.25) is 0 Å². The SMILES string of the molecule is CC(C)(CCN1CCC(Cc2ccccc2)CC1)c1ccc(Cl)cc1. The number of benzene rings is 2. The van der Waals surface area contributed by atoms with E-state index in [2.05, 4.69) is 61.2 Å². The average Bonchev–Trinajstić information content (AvgIpc) is 2.62. The summed E-state index contributed by atoms with van der Waals surface area (Å²) in [6.07, 6.45) is 5.09. The van der Waals surface area contributed by atoms with E-state index < -0.39 is 0 Å². The van der Waals surface area contributed by atoms with Gasteiger partial charge in [0.05, 0.1) is 0 Å². The van der Waals surface area contributed by atoms with Crippen LogP contribution in [-0.2, 0) is 11.8 Å². The molecule has 0 atom stereocenters. The summed E-state index contributed by atoms with van der Waals surface area (Å²) in [6, 6.07) is 19.3. The molecule has 0 amide bonds. The summed E-state index contributed by atoms with van der Waals surface area (Å²) in [5.41, 5.74) is 3.08. The molecule has 0 bridgehead atoms. The van der Waals surface area contributed by atoms with E-state index in [-0.39, 0.29) is 5.41 Å². The summed E-state index contributed by atoms with van der Waals surface area (Å²) >= 11 is 6.02. The van der Waals surface area contributed by atoms with Crippen molar-refractivity contribution in [2.24, 2.45) is 5.92 Å². The molecule has 0 unspecified atom stereocenters. The maximum absolute atomic E-state index is 6.02. The molecule has 1 heterocycles. The quantitative estimate of drug-likeness (QED) is 0.617. The highest BCUT2D eigenvalue weighted by Gasteiger charge is 2.24. The van der Waals surface area contributed by atoms with E-state index in [1.807, 2.05) is 12.1 Å². The second-order valence-electron chi connectivity index (χ2n) is 8.12. The molecule has 1 saturated heterocycles. The molecule has 2 aromatic carbocycles. The van der Waals surface area contributed by atoms with Crippen LogP contribution in [0, 0.1) is 5.92 Å². The molecule has 1 fully saturated rings. The first-order chi connectivity index (χ1) is 12.0. The molecule has 0 N–H and O–H groups in total. The van der Waals surface area contributed by atoms with Crippen LogP contribution in [0.25, 0.3) is 0 Å². The van der Waals surface area contributed by atoms with E-state index in [9.17, 15) is 0 Å². The molecular weight excluding hydrogens is 326 g/mol. The van der Waals surface area contributed by atoms with E-state index in [0.717, 1.165) is 10.9 Å². The standard InChI is InChI=1S/C23H30ClN/c1-23(2,21-8-10-22(24)11-9-21)14-17-25-15-12-20(13-16-25)18-19-6-4-3-5-7-19/h3-11,20H,12-18H2,1-2H3. The maximum atomic E-state index is 6.02. The lowest BCUT2D eigenvalue weighted by Gasteiger charge is -2.35. The van der Waals surface area contributed by atoms with Gasteiger partial charge in [-0.25, -0.2) is 0 Å². The number of rotatable bonds is 6. The third-order valence-corrected chi connectivity index (χ3v) is 6.01. The van der Waals surface area contributed by atoms with E-state index in [1.165, 1.54) is 56.4 Å². The highest BCUT2D eigenvalue weighted by atomic mass is 35.5. The third kappa shape index (κ3) is 5.33. The summed E-state index contributed by atoms with van der Waals surface area (Å²) in [5.74, 6) is 0.850. The van der Waals surface area contributed by atoms with Crippen LogP contribution < -0.4 is 0 Å². The molecule has 25 heavy (non-hydrogen) atoms. The van der Waals surface area contributed by atoms with Crippen LogP contribution in [0.15, 0.2) is 54.6 Å². The Morgan fingerprint density at radius 3 is 2.24 bits per heavy atom. The minimum absolute atomic E-state index is 0.200. The highest BCUT2D eigenvalue weighted by Crippen LogP contribution is 2.29. The van der Waals surface area contributed by atoms with Crippen LogP contribution in [0.2, 0.25) is 5.02 Å². The molecule has 0 spiro atoms. The molecule has 3 rings (SSSR count). The van der Waals surface area contributed by atoms with Gasteiger partial charge in [-0.2, -0.15) is 0 Å². The Kier molecular flexibility index (Phi) is 6.19. The fourth-order valence-electron chi connectivity index (χ4n) is 3.84. The first-order valence-electron chi connectivity index (χ1n) is 9.55. The van der Waals surface area contributed by atoms with Crippen LogP contribution in [0.4, 0.5) is 0 Å². The minimum Gasteiger partial charge on any atom is -0.303 e. The molecule has 1 aliphatic heterocycles. The predicted molar refractivity (Wildman–Crippen MR) is 108 cm³/mol. The zero-order valence-corrected chi connectivity index (χ0v) is 16.3. The summed E-state index contributed by atoms with van der Waals surface area (Å²) in [6.45, 7) is 8.37. The first kappa shape index (κ1) is 18.5. The second-order valence-corrected chi connectivity index (χ2v) is 8.55. The molecule has 1 nitrogen and oxygen atoms in total. The van der Waals surface area contributed by atoms with E-state index in [1.54, 1.807) is 0 Å². The van der Waals surface area contributed by atoms with Gasteiger partial charge in [0.25, 0.3) is 0 Å². The topological polar surface area (TPSA) is 3.24 Å². The Morgan fingerprint density at radius 1 is 0.960 bits per heavy atom. The van der Waals surface area contributed by atoms with Gasteiger partial charge in [-0.05, 0) is 79.9 Å². The Bertz CT molecular complexity index is 640. The van der Waals surface area contributed by atoms with Crippen molar-refractivity contribution in [1.82, 2.24) is 4.90 Å². The van der Waals surface area contributed by atoms with Gasteiger partial charge >= 0.3 is 0 Å². The van der Waals surface area contributed by atoms with Crippen LogP contribution in [0.3, 0.4) is 0 Å². The fourth-order valence-corrected chi connectivity index (χ4v) is 3.97. The Balaban J connectivity index is 1.45. The molecule has 0 aromatic heterocycles. The van der Waals surface area contributed by atoms with Gasteiger partial charge in [0.1, 0.15) is 0 Å². The van der Waals surface area contributed by atoms with Gasteiger partial charge < -0.3 is 4.90 Å². The van der Waals surface area contributed by atoms with Crippen molar-refractivity contribution in [3.05, 3.63) is 70.7 Å². The zero-order valence-electron chi connectivity index (χ0n) is 15.5. The lowest BCUT2D eigenvalue weighted by Crippen LogP contribution is -2.37. The first-order valence-corrected chi connectivity index (χ1v) is 9.93. The average molecular weight is 356 g/mol. The van der Waals surface area contributed by atoms with Gasteiger partial charge in [-0.15, -0.1) is 0 Å². The number of likely N-dealkylation sites (tertiary alicyclic amines) is 1. The second kappa shape index (κ2) is 8.38. The lowest BCUT2D eigenvalue weighted by molar-refractivity contribution is 0.172. The fraction of sp³-hybridized carbons (Fsp3) is 0.478. The zero-order chi connectivity index (χ0) is 17.7. The normalized spacial score (nSPS) is 16.9. The van der Waals surface area contributed by atoms with Crippen molar-refractivity contribution in [3.63, 3.8) is 0 Å². The number of halogens is 1. The smallest absolute Gasteiger partial charge is 0.0406 e. The number of piperidine rings is 1. The molecule has 134 valence electrons. The molecule has 0 saturated carbocycles. The summed E-state index contributed by atoms with van der Waals surface area (Å²) in [5, 5.41) is 0.819. The van der Waals surface area contributed by atoms with E-state index >= 15 is 0 Å². The van der Waals surface area contributed by atoms with Gasteiger partial charge in [0, 0.05) is 5.02 Å². The van der Waals surface area contributed by atoms with Crippen molar-refractivity contribution in [3.8, 4) is 0 Å². The highest BCUT2D eigenvalue weighted by molar-refractivity contribution is 6.30. The summed E-state index contributed by atoms with van der Waals surface area (Å²) in [7, 11) is 0. The third-order valence-electron chi connectivity index (χ3n) is 5.75. The molecular formula is C23H30ClN. The number of hydrogen-bond donors (Lipinski definition) is 0.